The number of rotatable bonds is 3. The van der Waals surface area contributed by atoms with E-state index in [1.807, 2.05) is 0 Å². The number of amides is 2. The van der Waals surface area contributed by atoms with Crippen LogP contribution in [0.5, 0.6) is 0 Å². The molecule has 0 saturated carbocycles. The summed E-state index contributed by atoms with van der Waals surface area (Å²) < 4.78 is 4.97. The molecule has 3 rings (SSSR count). The van der Waals surface area contributed by atoms with Crippen LogP contribution in [-0.2, 0) is 19.1 Å². The Balaban J connectivity index is 1.98. The predicted octanol–water partition coefficient (Wildman–Crippen LogP) is 0.441. The average molecular weight is 384 g/mol. The third-order valence-corrected chi connectivity index (χ3v) is 5.46. The summed E-state index contributed by atoms with van der Waals surface area (Å²) in [6.07, 6.45) is 0.222. The molecular weight excluding hydrogens is 360 g/mol. The molecule has 0 aliphatic carbocycles. The second-order valence-corrected chi connectivity index (χ2v) is 7.06. The summed E-state index contributed by atoms with van der Waals surface area (Å²) in [5.41, 5.74) is 1.19. The summed E-state index contributed by atoms with van der Waals surface area (Å²) in [6, 6.07) is 7.50. The molecule has 3 unspecified atom stereocenters. The number of benzene rings is 1. The highest BCUT2D eigenvalue weighted by molar-refractivity contribution is 5.90. The minimum Gasteiger partial charge on any atom is -0.469 e. The van der Waals surface area contributed by atoms with Gasteiger partial charge in [-0.3, -0.25) is 14.4 Å². The largest absolute Gasteiger partial charge is 0.469 e. The highest BCUT2D eigenvalue weighted by atomic mass is 16.5. The van der Waals surface area contributed by atoms with Crippen LogP contribution in [0.2, 0.25) is 0 Å². The first-order chi connectivity index (χ1) is 13.5. The molecule has 2 fully saturated rings. The number of esters is 1. The van der Waals surface area contributed by atoms with Crippen LogP contribution in [0.3, 0.4) is 0 Å². The summed E-state index contributed by atoms with van der Waals surface area (Å²) in [4.78, 5) is 41.4. The zero-order valence-electron chi connectivity index (χ0n) is 16.1. The topological polar surface area (TPSA) is 103 Å². The maximum atomic E-state index is 13.2. The lowest BCUT2D eigenvalue weighted by atomic mass is 9.92. The molecule has 1 N–H and O–H groups in total. The lowest BCUT2D eigenvalue weighted by Crippen LogP contribution is -2.53. The maximum Gasteiger partial charge on any atom is 0.311 e. The molecule has 0 bridgehead atoms. The lowest BCUT2D eigenvalue weighted by molar-refractivity contribution is -0.147. The zero-order chi connectivity index (χ0) is 20.3. The van der Waals surface area contributed by atoms with E-state index in [9.17, 15) is 14.4 Å². The Bertz CT molecular complexity index is 795. The van der Waals surface area contributed by atoms with Crippen molar-refractivity contribution in [2.75, 3.05) is 33.3 Å². The molecule has 148 valence electrons. The molecule has 2 heterocycles. The van der Waals surface area contributed by atoms with E-state index in [0.717, 1.165) is 0 Å². The van der Waals surface area contributed by atoms with Crippen LogP contribution >= 0.6 is 0 Å². The van der Waals surface area contributed by atoms with Crippen LogP contribution in [-0.4, -0.2) is 66.9 Å². The summed E-state index contributed by atoms with van der Waals surface area (Å²) in [6.45, 7) is 3.97. The Morgan fingerprint density at radius 1 is 1.18 bits per heavy atom. The number of methoxy groups -OCH3 is 1. The Morgan fingerprint density at radius 2 is 1.82 bits per heavy atom. The van der Waals surface area contributed by atoms with Crippen molar-refractivity contribution in [1.29, 1.82) is 5.26 Å². The van der Waals surface area contributed by atoms with Crippen LogP contribution in [0.1, 0.15) is 30.5 Å². The van der Waals surface area contributed by atoms with E-state index < -0.39 is 24.0 Å². The molecular formula is C20H24N4O4. The maximum absolute atomic E-state index is 13.2. The van der Waals surface area contributed by atoms with Crippen LogP contribution < -0.4 is 5.32 Å². The molecule has 2 aliphatic rings. The fraction of sp³-hybridized carbons (Fsp3) is 0.500. The monoisotopic (exact) mass is 384 g/mol. The van der Waals surface area contributed by atoms with E-state index in [0.29, 0.717) is 37.3 Å². The van der Waals surface area contributed by atoms with Crippen molar-refractivity contribution in [3.05, 3.63) is 35.4 Å². The Kier molecular flexibility index (Phi) is 5.95. The van der Waals surface area contributed by atoms with Crippen molar-refractivity contribution in [1.82, 2.24) is 15.1 Å². The second-order valence-electron chi connectivity index (χ2n) is 7.06. The molecule has 28 heavy (non-hydrogen) atoms. The first-order valence-electron chi connectivity index (χ1n) is 9.34. The van der Waals surface area contributed by atoms with Crippen LogP contribution in [0.4, 0.5) is 0 Å². The molecule has 8 nitrogen and oxygen atoms in total. The lowest BCUT2D eigenvalue weighted by Gasteiger charge is -2.34. The van der Waals surface area contributed by atoms with Gasteiger partial charge in [0.2, 0.25) is 11.8 Å². The number of carbonyl (C=O) groups is 3. The van der Waals surface area contributed by atoms with E-state index in [1.54, 1.807) is 29.2 Å². The number of carbonyl (C=O) groups excluding carboxylic acids is 3. The molecule has 2 aliphatic heterocycles. The third kappa shape index (κ3) is 3.71. The average Bonchev–Trinajstić information content (AvgIpc) is 3.14. The number of nitrogens with zero attached hydrogens (tertiary/aromatic N) is 3. The van der Waals surface area contributed by atoms with Crippen molar-refractivity contribution in [3.63, 3.8) is 0 Å². The van der Waals surface area contributed by atoms with Gasteiger partial charge in [0.15, 0.2) is 0 Å². The number of hydrogen-bond donors (Lipinski definition) is 1. The van der Waals surface area contributed by atoms with Crippen LogP contribution in [0.15, 0.2) is 24.3 Å². The molecule has 8 heteroatoms. The van der Waals surface area contributed by atoms with E-state index in [4.69, 9.17) is 10.00 Å². The second kappa shape index (κ2) is 8.40. The van der Waals surface area contributed by atoms with Crippen LogP contribution in [0, 0.1) is 17.2 Å². The Morgan fingerprint density at radius 3 is 2.36 bits per heavy atom. The zero-order valence-corrected chi connectivity index (χ0v) is 16.1. The highest BCUT2D eigenvalue weighted by Gasteiger charge is 2.50. The standard InChI is InChI=1S/C20H24N4O4/c1-13(25)24-17(19(26)23-9-7-22-8-10-23)11-16(20(27)28-2)18(24)15-5-3-14(12-21)4-6-15/h3-6,16-18,22H,7-11H2,1-2H3. The van der Waals surface area contributed by atoms with E-state index in [-0.39, 0.29) is 18.2 Å². The minimum absolute atomic E-state index is 0.137. The summed E-state index contributed by atoms with van der Waals surface area (Å²) in [5.74, 6) is -1.49. The number of ether oxygens (including phenoxy) is 1. The van der Waals surface area contributed by atoms with Gasteiger partial charge in [-0.25, -0.2) is 0 Å². The van der Waals surface area contributed by atoms with Gasteiger partial charge >= 0.3 is 5.97 Å². The number of nitrogens with one attached hydrogen (secondary N) is 1. The number of hydrogen-bond acceptors (Lipinski definition) is 6. The fourth-order valence-corrected chi connectivity index (χ4v) is 4.13. The quantitative estimate of drug-likeness (QED) is 0.759. The fourth-order valence-electron chi connectivity index (χ4n) is 4.13. The summed E-state index contributed by atoms with van der Waals surface area (Å²) in [5, 5.41) is 12.2. The van der Waals surface area contributed by atoms with E-state index in [2.05, 4.69) is 11.4 Å². The molecule has 1 aromatic rings. The van der Waals surface area contributed by atoms with Crippen molar-refractivity contribution in [2.45, 2.75) is 25.4 Å². The minimum atomic E-state index is -0.708. The SMILES string of the molecule is COC(=O)C1CC(C(=O)N2CCNCC2)N(C(C)=O)C1c1ccc(C#N)cc1. The van der Waals surface area contributed by atoms with Gasteiger partial charge in [-0.1, -0.05) is 12.1 Å². The van der Waals surface area contributed by atoms with Crippen molar-refractivity contribution in [2.24, 2.45) is 5.92 Å². The predicted molar refractivity (Wildman–Crippen MR) is 99.8 cm³/mol. The molecule has 0 aromatic heterocycles. The normalized spacial score (nSPS) is 24.5. The molecule has 2 amide bonds. The third-order valence-electron chi connectivity index (χ3n) is 5.46. The first kappa shape index (κ1) is 19.8. The van der Waals surface area contributed by atoms with Gasteiger partial charge in [0, 0.05) is 33.1 Å². The van der Waals surface area contributed by atoms with E-state index >= 15 is 0 Å². The number of nitriles is 1. The highest BCUT2D eigenvalue weighted by Crippen LogP contribution is 2.42. The van der Waals surface area contributed by atoms with Gasteiger partial charge in [-0.2, -0.15) is 5.26 Å². The molecule has 1 aromatic carbocycles. The molecule has 2 saturated heterocycles. The van der Waals surface area contributed by atoms with E-state index in [1.165, 1.54) is 18.9 Å². The van der Waals surface area contributed by atoms with Gasteiger partial charge < -0.3 is 19.9 Å². The van der Waals surface area contributed by atoms with Gasteiger partial charge in [0.05, 0.1) is 30.7 Å². The smallest absolute Gasteiger partial charge is 0.311 e. The molecule has 3 atom stereocenters. The first-order valence-corrected chi connectivity index (χ1v) is 9.34. The summed E-state index contributed by atoms with van der Waals surface area (Å²) in [7, 11) is 1.31. The van der Waals surface area contributed by atoms with Gasteiger partial charge in [0.25, 0.3) is 0 Å². The number of likely N-dealkylation sites (tertiary alicyclic amines) is 1. The van der Waals surface area contributed by atoms with Crippen molar-refractivity contribution in [3.8, 4) is 6.07 Å². The van der Waals surface area contributed by atoms with Crippen molar-refractivity contribution >= 4 is 17.8 Å². The van der Waals surface area contributed by atoms with Crippen molar-refractivity contribution < 1.29 is 19.1 Å². The van der Waals surface area contributed by atoms with Gasteiger partial charge in [-0.15, -0.1) is 0 Å². The Hall–Kier alpha value is -2.92. The Labute approximate surface area is 164 Å². The van der Waals surface area contributed by atoms with Crippen LogP contribution in [0.25, 0.3) is 0 Å². The van der Waals surface area contributed by atoms with Gasteiger partial charge in [0.1, 0.15) is 6.04 Å². The summed E-state index contributed by atoms with van der Waals surface area (Å²) >= 11 is 0. The molecule has 0 spiro atoms. The van der Waals surface area contributed by atoms with Gasteiger partial charge in [-0.05, 0) is 24.1 Å². The molecule has 0 radical (unpaired) electrons. The number of piperazine rings is 1.